The zero-order valence-corrected chi connectivity index (χ0v) is 12.4. The maximum Gasteiger partial charge on any atom is 0.171 e. The third-order valence-corrected chi connectivity index (χ3v) is 6.85. The van der Waals surface area contributed by atoms with Crippen LogP contribution in [0.1, 0.15) is 34.6 Å². The monoisotopic (exact) mass is 277 g/mol. The van der Waals surface area contributed by atoms with Crippen molar-refractivity contribution in [2.45, 2.75) is 50.8 Å². The summed E-state index contributed by atoms with van der Waals surface area (Å²) < 4.78 is 4.94. The van der Waals surface area contributed by atoms with Crippen LogP contribution in [-0.4, -0.2) is 16.2 Å². The van der Waals surface area contributed by atoms with Crippen LogP contribution in [0.25, 0.3) is 0 Å². The molecule has 0 bridgehead atoms. The van der Waals surface area contributed by atoms with Gasteiger partial charge in [0.15, 0.2) is 11.0 Å². The summed E-state index contributed by atoms with van der Waals surface area (Å²) in [4.78, 5) is 0. The van der Waals surface area contributed by atoms with Crippen LogP contribution in [0.5, 0.6) is 0 Å². The minimum absolute atomic E-state index is 0.0238. The van der Waals surface area contributed by atoms with Crippen molar-refractivity contribution in [1.82, 2.24) is 5.09 Å². The molecule has 1 atom stereocenters. The van der Waals surface area contributed by atoms with Crippen LogP contribution in [-0.2, 0) is 16.3 Å². The molecular weight excluding hydrogens is 260 g/mol. The Bertz CT molecular complexity index is 228. The van der Waals surface area contributed by atoms with Crippen molar-refractivity contribution in [1.29, 1.82) is 0 Å². The molecule has 0 amide bonds. The van der Waals surface area contributed by atoms with E-state index in [0.717, 1.165) is 0 Å². The largest absolute Gasteiger partial charge is 0.333 e. The van der Waals surface area contributed by atoms with Crippen LogP contribution in [0.2, 0.25) is 0 Å². The molecule has 0 spiro atoms. The zero-order valence-electron chi connectivity index (χ0n) is 9.17. The Balaban J connectivity index is 4.66. The lowest BCUT2D eigenvalue weighted by atomic mass is 10.1. The Morgan fingerprint density at radius 2 is 1.71 bits per heavy atom. The first-order chi connectivity index (χ1) is 6.07. The van der Waals surface area contributed by atoms with E-state index >= 15 is 0 Å². The lowest BCUT2D eigenvalue weighted by Crippen LogP contribution is -2.35. The fourth-order valence-electron chi connectivity index (χ4n) is 0.902. The number of alkyl halides is 2. The highest BCUT2D eigenvalue weighted by Gasteiger charge is 2.31. The first-order valence-corrected chi connectivity index (χ1v) is 8.09. The van der Waals surface area contributed by atoms with E-state index in [1.54, 1.807) is 0 Å². The summed E-state index contributed by atoms with van der Waals surface area (Å²) in [7, 11) is 0. The van der Waals surface area contributed by atoms with Crippen LogP contribution in [0, 0.1) is 0 Å². The van der Waals surface area contributed by atoms with Gasteiger partial charge in [-0.25, -0.2) is 0 Å². The van der Waals surface area contributed by atoms with Gasteiger partial charge in [-0.05, 0) is 46.4 Å². The van der Waals surface area contributed by atoms with Gasteiger partial charge in [-0.2, -0.15) is 0 Å². The van der Waals surface area contributed by atoms with E-state index in [1.807, 2.05) is 34.6 Å². The van der Waals surface area contributed by atoms with Crippen molar-refractivity contribution < 1.29 is 4.52 Å². The molecule has 6 heteroatoms. The number of rotatable bonds is 4. The summed E-state index contributed by atoms with van der Waals surface area (Å²) in [6.45, 7) is 9.86. The van der Waals surface area contributed by atoms with Crippen molar-refractivity contribution in [3.63, 3.8) is 0 Å². The van der Waals surface area contributed by atoms with Gasteiger partial charge in [0.05, 0.1) is 6.10 Å². The summed E-state index contributed by atoms with van der Waals surface area (Å²) in [5.41, 5.74) is -0.146. The number of nitrogens with one attached hydrogen (secondary N) is 1. The van der Waals surface area contributed by atoms with Crippen molar-refractivity contribution >= 4 is 41.4 Å². The molecule has 0 aliphatic rings. The van der Waals surface area contributed by atoms with Crippen molar-refractivity contribution in [3.8, 4) is 0 Å². The van der Waals surface area contributed by atoms with E-state index in [-0.39, 0.29) is 11.6 Å². The Labute approximate surface area is 102 Å². The number of hydrogen-bond donors (Lipinski definition) is 1. The average Bonchev–Trinajstić information content (AvgIpc) is 1.79. The summed E-state index contributed by atoms with van der Waals surface area (Å²) in [5.74, 6) is 0. The third-order valence-electron chi connectivity index (χ3n) is 1.12. The minimum Gasteiger partial charge on any atom is -0.333 e. The van der Waals surface area contributed by atoms with E-state index in [9.17, 15) is 0 Å². The molecule has 0 aliphatic carbocycles. The van der Waals surface area contributed by atoms with Gasteiger partial charge in [-0.1, -0.05) is 23.2 Å². The van der Waals surface area contributed by atoms with E-state index in [1.165, 1.54) is 0 Å². The molecule has 0 rings (SSSR count). The lowest BCUT2D eigenvalue weighted by molar-refractivity contribution is 0.260. The van der Waals surface area contributed by atoms with E-state index < -0.39 is 11.0 Å². The summed E-state index contributed by atoms with van der Waals surface area (Å²) in [6.07, 6.45) is -2.33. The third kappa shape index (κ3) is 5.89. The molecule has 1 N–H and O–H groups in total. The fourth-order valence-corrected chi connectivity index (χ4v) is 4.61. The molecule has 86 valence electrons. The van der Waals surface area contributed by atoms with Gasteiger partial charge in [0.2, 0.25) is 0 Å². The molecule has 14 heavy (non-hydrogen) atoms. The predicted octanol–water partition coefficient (Wildman–Crippen LogP) is 3.87. The molecule has 0 aromatic carbocycles. The van der Waals surface area contributed by atoms with Crippen LogP contribution in [0.3, 0.4) is 0 Å². The van der Waals surface area contributed by atoms with E-state index in [2.05, 4.69) is 5.09 Å². The van der Waals surface area contributed by atoms with Crippen LogP contribution in [0.4, 0.5) is 0 Å². The van der Waals surface area contributed by atoms with Gasteiger partial charge in [0, 0.05) is 5.54 Å². The summed E-state index contributed by atoms with van der Waals surface area (Å²) in [6, 6.07) is 0. The summed E-state index contributed by atoms with van der Waals surface area (Å²) in [5, 5.41) is 3.20. The highest BCUT2D eigenvalue weighted by molar-refractivity contribution is 8.12. The van der Waals surface area contributed by atoms with Crippen LogP contribution < -0.4 is 5.09 Å². The topological polar surface area (TPSA) is 21.3 Å². The summed E-state index contributed by atoms with van der Waals surface area (Å²) >= 11 is 17.1. The predicted molar refractivity (Wildman–Crippen MR) is 68.9 cm³/mol. The Kier molecular flexibility index (Phi) is 5.92. The smallest absolute Gasteiger partial charge is 0.171 e. The fraction of sp³-hybridized carbons (Fsp3) is 1.00. The van der Waals surface area contributed by atoms with Gasteiger partial charge < -0.3 is 4.52 Å². The molecular formula is C8H18Cl2NOPS. The molecule has 2 nitrogen and oxygen atoms in total. The van der Waals surface area contributed by atoms with Gasteiger partial charge in [-0.3, -0.25) is 5.09 Å². The molecule has 0 aliphatic heterocycles. The van der Waals surface area contributed by atoms with Crippen LogP contribution in [0.15, 0.2) is 0 Å². The second kappa shape index (κ2) is 5.47. The molecule has 0 heterocycles. The van der Waals surface area contributed by atoms with E-state index in [0.29, 0.717) is 0 Å². The first kappa shape index (κ1) is 15.2. The van der Waals surface area contributed by atoms with Crippen molar-refractivity contribution in [2.24, 2.45) is 0 Å². The molecule has 0 saturated carbocycles. The van der Waals surface area contributed by atoms with Crippen LogP contribution >= 0.6 is 29.6 Å². The maximum absolute atomic E-state index is 5.86. The second-order valence-corrected chi connectivity index (χ2v) is 9.87. The maximum atomic E-state index is 5.86. The quantitative estimate of drug-likeness (QED) is 0.623. The Morgan fingerprint density at radius 1 is 1.29 bits per heavy atom. The lowest BCUT2D eigenvalue weighted by Gasteiger charge is -2.33. The van der Waals surface area contributed by atoms with Crippen molar-refractivity contribution in [3.05, 3.63) is 0 Å². The molecule has 0 fully saturated rings. The van der Waals surface area contributed by atoms with Gasteiger partial charge in [0.25, 0.3) is 0 Å². The Hall–Kier alpha value is 1.15. The standard InChI is InChI=1S/C8H18Cl2NOPS/c1-6(2)12-13(14,7(9)10)11-8(3,4)5/h6-7H,1-5H3,(H,11,14). The molecule has 0 aromatic rings. The highest BCUT2D eigenvalue weighted by Crippen LogP contribution is 2.54. The number of hydrogen-bond acceptors (Lipinski definition) is 2. The average molecular weight is 278 g/mol. The molecule has 1 unspecified atom stereocenters. The SMILES string of the molecule is CC(C)OP(=S)(NC(C)(C)C)C(Cl)Cl. The molecule has 0 saturated heterocycles. The first-order valence-electron chi connectivity index (χ1n) is 4.42. The minimum atomic E-state index is -2.35. The molecule has 0 aromatic heterocycles. The highest BCUT2D eigenvalue weighted by atomic mass is 35.5. The van der Waals surface area contributed by atoms with Gasteiger partial charge in [0.1, 0.15) is 0 Å². The normalized spacial score (nSPS) is 17.5. The number of halogens is 2. The Morgan fingerprint density at radius 3 is 1.93 bits per heavy atom. The van der Waals surface area contributed by atoms with Gasteiger partial charge >= 0.3 is 0 Å². The second-order valence-electron chi connectivity index (χ2n) is 4.39. The molecule has 0 radical (unpaired) electrons. The van der Waals surface area contributed by atoms with Gasteiger partial charge in [-0.15, -0.1) is 0 Å². The van der Waals surface area contributed by atoms with Crippen molar-refractivity contribution in [2.75, 3.05) is 0 Å². The van der Waals surface area contributed by atoms with E-state index in [4.69, 9.17) is 39.5 Å². The zero-order chi connectivity index (χ0) is 11.6.